The molecule has 0 aromatic heterocycles. The molecule has 2 atom stereocenters. The first-order valence-electron chi connectivity index (χ1n) is 8.29. The highest BCUT2D eigenvalue weighted by atomic mass is 16.6. The van der Waals surface area contributed by atoms with Gasteiger partial charge in [-0.3, -0.25) is 9.91 Å². The van der Waals surface area contributed by atoms with Gasteiger partial charge < -0.3 is 9.47 Å². The first kappa shape index (κ1) is 17.8. The molecule has 2 aliphatic rings. The average molecular weight is 323 g/mol. The van der Waals surface area contributed by atoms with E-state index in [2.05, 4.69) is 11.6 Å². The smallest absolute Gasteiger partial charge is 0.411 e. The average Bonchev–Trinajstić information content (AvgIpc) is 2.86. The van der Waals surface area contributed by atoms with Gasteiger partial charge in [0, 0.05) is 13.7 Å². The van der Waals surface area contributed by atoms with E-state index in [1.54, 1.807) is 12.0 Å². The van der Waals surface area contributed by atoms with Gasteiger partial charge in [0.1, 0.15) is 5.60 Å². The maximum absolute atomic E-state index is 12.3. The Morgan fingerprint density at radius 1 is 1.48 bits per heavy atom. The molecule has 0 spiro atoms. The molecule has 2 fully saturated rings. The molecule has 2 aliphatic heterocycles. The zero-order chi connectivity index (χ0) is 17.0. The van der Waals surface area contributed by atoms with Crippen LogP contribution in [0.15, 0.2) is 17.8 Å². The van der Waals surface area contributed by atoms with Gasteiger partial charge in [-0.15, -0.1) is 6.58 Å². The van der Waals surface area contributed by atoms with Crippen molar-refractivity contribution in [3.05, 3.63) is 12.7 Å². The SMILES string of the molecule is C=CC[C@H]1/C(=N/N2CCC[C@H]2COC)CN1C(=O)OC(C)(C)C. The maximum Gasteiger partial charge on any atom is 0.411 e. The molecule has 0 unspecified atom stereocenters. The number of likely N-dealkylation sites (tertiary alicyclic amines) is 1. The number of rotatable bonds is 5. The standard InChI is InChI=1S/C17H29N3O3/c1-6-8-15-14(11-19(15)16(21)23-17(2,3)4)18-20-10-7-9-13(20)12-22-5/h6,13,15H,1,7-12H2,2-5H3/b18-14+/t13-,15-/m0/s1. The summed E-state index contributed by atoms with van der Waals surface area (Å²) in [5.41, 5.74) is 0.542. The van der Waals surface area contributed by atoms with Gasteiger partial charge in [-0.2, -0.15) is 5.10 Å². The van der Waals surface area contributed by atoms with Gasteiger partial charge in [0.2, 0.25) is 0 Å². The Morgan fingerprint density at radius 3 is 2.83 bits per heavy atom. The molecular weight excluding hydrogens is 294 g/mol. The third-order valence-corrected chi connectivity index (χ3v) is 4.07. The molecule has 23 heavy (non-hydrogen) atoms. The molecule has 6 nitrogen and oxygen atoms in total. The monoisotopic (exact) mass is 323 g/mol. The molecule has 0 saturated carbocycles. The largest absolute Gasteiger partial charge is 0.444 e. The second kappa shape index (κ2) is 7.34. The van der Waals surface area contributed by atoms with Crippen molar-refractivity contribution in [2.24, 2.45) is 5.10 Å². The van der Waals surface area contributed by atoms with E-state index in [9.17, 15) is 4.79 Å². The topological polar surface area (TPSA) is 54.4 Å². The summed E-state index contributed by atoms with van der Waals surface area (Å²) in [6.45, 7) is 11.6. The van der Waals surface area contributed by atoms with Crippen LogP contribution in [0.3, 0.4) is 0 Å². The summed E-state index contributed by atoms with van der Waals surface area (Å²) in [4.78, 5) is 14.0. The molecule has 0 bridgehead atoms. The van der Waals surface area contributed by atoms with E-state index >= 15 is 0 Å². The Hall–Kier alpha value is -1.56. The van der Waals surface area contributed by atoms with Crippen LogP contribution in [0.1, 0.15) is 40.0 Å². The highest BCUT2D eigenvalue weighted by Gasteiger charge is 2.41. The van der Waals surface area contributed by atoms with E-state index < -0.39 is 5.60 Å². The molecule has 2 rings (SSSR count). The van der Waals surface area contributed by atoms with Crippen LogP contribution in [0, 0.1) is 0 Å². The predicted molar refractivity (Wildman–Crippen MR) is 90.6 cm³/mol. The van der Waals surface area contributed by atoms with Gasteiger partial charge in [0.15, 0.2) is 0 Å². The van der Waals surface area contributed by atoms with Crippen molar-refractivity contribution >= 4 is 11.8 Å². The summed E-state index contributed by atoms with van der Waals surface area (Å²) in [5.74, 6) is 0. The van der Waals surface area contributed by atoms with E-state index in [1.165, 1.54) is 0 Å². The van der Waals surface area contributed by atoms with Crippen molar-refractivity contribution in [1.82, 2.24) is 9.91 Å². The first-order valence-corrected chi connectivity index (χ1v) is 8.29. The minimum atomic E-state index is -0.485. The molecule has 0 radical (unpaired) electrons. The summed E-state index contributed by atoms with van der Waals surface area (Å²) in [6, 6.07) is 0.304. The molecule has 0 N–H and O–H groups in total. The number of amides is 1. The number of hydrogen-bond donors (Lipinski definition) is 0. The van der Waals surface area contributed by atoms with Crippen LogP contribution in [-0.4, -0.2) is 66.2 Å². The number of methoxy groups -OCH3 is 1. The second-order valence-electron chi connectivity index (χ2n) is 7.15. The van der Waals surface area contributed by atoms with Crippen LogP contribution in [0.2, 0.25) is 0 Å². The predicted octanol–water partition coefficient (Wildman–Crippen LogP) is 2.65. The Kier molecular flexibility index (Phi) is 5.68. The number of carbonyl (C=O) groups is 1. The number of carbonyl (C=O) groups excluding carboxylic acids is 1. The van der Waals surface area contributed by atoms with Crippen LogP contribution < -0.4 is 0 Å². The molecule has 0 aromatic rings. The molecule has 0 aromatic carbocycles. The molecule has 0 aliphatic carbocycles. The normalized spacial score (nSPS) is 26.3. The summed E-state index contributed by atoms with van der Waals surface area (Å²) in [6.07, 6.45) is 4.48. The Bertz CT molecular complexity index is 470. The van der Waals surface area contributed by atoms with Crippen molar-refractivity contribution in [2.75, 3.05) is 26.8 Å². The Morgan fingerprint density at radius 2 is 2.22 bits per heavy atom. The zero-order valence-corrected chi connectivity index (χ0v) is 14.7. The minimum Gasteiger partial charge on any atom is -0.444 e. The minimum absolute atomic E-state index is 0.0360. The van der Waals surface area contributed by atoms with Crippen molar-refractivity contribution in [3.8, 4) is 0 Å². The van der Waals surface area contributed by atoms with E-state index in [-0.39, 0.29) is 12.1 Å². The molecule has 6 heteroatoms. The van der Waals surface area contributed by atoms with Crippen molar-refractivity contribution < 1.29 is 14.3 Å². The van der Waals surface area contributed by atoms with Gasteiger partial charge in [-0.1, -0.05) is 6.08 Å². The van der Waals surface area contributed by atoms with Gasteiger partial charge in [0.05, 0.1) is 30.9 Å². The lowest BCUT2D eigenvalue weighted by molar-refractivity contribution is 0.0177. The lowest BCUT2D eigenvalue weighted by Gasteiger charge is -2.42. The fourth-order valence-electron chi connectivity index (χ4n) is 2.97. The Balaban J connectivity index is 2.02. The molecule has 1 amide bonds. The number of ether oxygens (including phenoxy) is 2. The lowest BCUT2D eigenvalue weighted by atomic mass is 9.97. The van der Waals surface area contributed by atoms with E-state index in [0.717, 1.165) is 25.1 Å². The summed E-state index contributed by atoms with van der Waals surface area (Å²) in [5, 5.41) is 6.90. The molecule has 130 valence electrons. The summed E-state index contributed by atoms with van der Waals surface area (Å²) >= 11 is 0. The van der Waals surface area contributed by atoms with Crippen LogP contribution in [0.4, 0.5) is 4.79 Å². The molecule has 2 saturated heterocycles. The molecule has 2 heterocycles. The van der Waals surface area contributed by atoms with Crippen LogP contribution in [0.5, 0.6) is 0 Å². The van der Waals surface area contributed by atoms with Crippen molar-refractivity contribution in [3.63, 3.8) is 0 Å². The third-order valence-electron chi connectivity index (χ3n) is 4.07. The Labute approximate surface area is 139 Å². The van der Waals surface area contributed by atoms with Gasteiger partial charge in [-0.05, 0) is 40.0 Å². The van der Waals surface area contributed by atoms with E-state index in [0.29, 0.717) is 25.6 Å². The van der Waals surface area contributed by atoms with Crippen LogP contribution >= 0.6 is 0 Å². The quantitative estimate of drug-likeness (QED) is 0.730. The number of hydrogen-bond acceptors (Lipinski definition) is 5. The lowest BCUT2D eigenvalue weighted by Crippen LogP contribution is -2.60. The number of hydrazone groups is 1. The fraction of sp³-hybridized carbons (Fsp3) is 0.765. The van der Waals surface area contributed by atoms with Gasteiger partial charge in [0.25, 0.3) is 0 Å². The van der Waals surface area contributed by atoms with Crippen molar-refractivity contribution in [1.29, 1.82) is 0 Å². The number of nitrogens with zero attached hydrogens (tertiary/aromatic N) is 3. The zero-order valence-electron chi connectivity index (χ0n) is 14.7. The fourth-order valence-corrected chi connectivity index (χ4v) is 2.97. The summed E-state index contributed by atoms with van der Waals surface area (Å²) in [7, 11) is 1.72. The van der Waals surface area contributed by atoms with Gasteiger partial charge in [-0.25, -0.2) is 4.79 Å². The van der Waals surface area contributed by atoms with E-state index in [4.69, 9.17) is 14.6 Å². The third kappa shape index (κ3) is 4.47. The van der Waals surface area contributed by atoms with Crippen LogP contribution in [-0.2, 0) is 9.47 Å². The molecular formula is C17H29N3O3. The highest BCUT2D eigenvalue weighted by molar-refractivity contribution is 6.01. The van der Waals surface area contributed by atoms with Gasteiger partial charge >= 0.3 is 6.09 Å². The summed E-state index contributed by atoms with van der Waals surface area (Å²) < 4.78 is 10.7. The van der Waals surface area contributed by atoms with Crippen molar-refractivity contribution in [2.45, 2.75) is 57.7 Å². The van der Waals surface area contributed by atoms with E-state index in [1.807, 2.05) is 26.8 Å². The highest BCUT2D eigenvalue weighted by Crippen LogP contribution is 2.25. The van der Waals surface area contributed by atoms with Crippen LogP contribution in [0.25, 0.3) is 0 Å². The maximum atomic E-state index is 12.3. The second-order valence-corrected chi connectivity index (χ2v) is 7.15. The first-order chi connectivity index (χ1) is 10.9.